The van der Waals surface area contributed by atoms with Crippen molar-refractivity contribution in [2.45, 2.75) is 27.3 Å². The Kier molecular flexibility index (Phi) is 4.78. The zero-order valence-electron chi connectivity index (χ0n) is 11.9. The molecule has 0 radical (unpaired) electrons. The van der Waals surface area contributed by atoms with Crippen molar-refractivity contribution in [1.29, 1.82) is 0 Å². The van der Waals surface area contributed by atoms with Crippen molar-refractivity contribution in [3.05, 3.63) is 41.0 Å². The van der Waals surface area contributed by atoms with Crippen molar-refractivity contribution in [3.63, 3.8) is 0 Å². The van der Waals surface area contributed by atoms with Gasteiger partial charge in [0.1, 0.15) is 5.15 Å². The number of hydrogen-bond donors (Lipinski definition) is 0. The molecule has 1 heterocycles. The Morgan fingerprint density at radius 3 is 2.68 bits per heavy atom. The Morgan fingerprint density at radius 2 is 2.00 bits per heavy atom. The lowest BCUT2D eigenvalue weighted by Crippen LogP contribution is -2.27. The maximum absolute atomic E-state index is 6.30. The van der Waals surface area contributed by atoms with Crippen molar-refractivity contribution in [3.8, 4) is 0 Å². The van der Waals surface area contributed by atoms with Crippen molar-refractivity contribution in [2.24, 2.45) is 5.92 Å². The van der Waals surface area contributed by atoms with Crippen molar-refractivity contribution in [1.82, 2.24) is 9.88 Å². The number of hydrogen-bond acceptors (Lipinski definition) is 2. The average Bonchev–Trinajstić information content (AvgIpc) is 2.38. The van der Waals surface area contributed by atoms with Crippen LogP contribution in [-0.4, -0.2) is 23.0 Å². The topological polar surface area (TPSA) is 16.1 Å². The molecular formula is C16H21ClN2. The van der Waals surface area contributed by atoms with E-state index in [0.29, 0.717) is 11.1 Å². The van der Waals surface area contributed by atoms with Crippen LogP contribution in [-0.2, 0) is 6.54 Å². The van der Waals surface area contributed by atoms with Crippen molar-refractivity contribution in [2.75, 3.05) is 13.1 Å². The van der Waals surface area contributed by atoms with Crippen LogP contribution in [0, 0.1) is 5.92 Å². The van der Waals surface area contributed by atoms with Gasteiger partial charge < -0.3 is 0 Å². The van der Waals surface area contributed by atoms with E-state index in [1.165, 1.54) is 0 Å². The minimum Gasteiger partial charge on any atom is -0.299 e. The molecule has 0 N–H and O–H groups in total. The first kappa shape index (κ1) is 14.3. The van der Waals surface area contributed by atoms with Gasteiger partial charge in [-0.25, -0.2) is 4.98 Å². The summed E-state index contributed by atoms with van der Waals surface area (Å²) < 4.78 is 0. The van der Waals surface area contributed by atoms with Gasteiger partial charge in [0.2, 0.25) is 0 Å². The summed E-state index contributed by atoms with van der Waals surface area (Å²) in [5, 5.41) is 1.78. The minimum atomic E-state index is 0.626. The van der Waals surface area contributed by atoms with Crippen LogP contribution in [0.2, 0.25) is 5.15 Å². The highest BCUT2D eigenvalue weighted by molar-refractivity contribution is 6.30. The van der Waals surface area contributed by atoms with Gasteiger partial charge in [-0.1, -0.05) is 50.6 Å². The standard InChI is InChI=1S/C16H21ClN2/c1-4-19(10-12(2)3)11-14-9-13-7-5-6-8-15(13)18-16(14)17/h5-9,12H,4,10-11H2,1-3H3. The molecule has 19 heavy (non-hydrogen) atoms. The summed E-state index contributed by atoms with van der Waals surface area (Å²) in [6, 6.07) is 10.3. The summed E-state index contributed by atoms with van der Waals surface area (Å²) in [6.45, 7) is 9.64. The van der Waals surface area contributed by atoms with Crippen LogP contribution in [0.3, 0.4) is 0 Å². The molecule has 0 unspecified atom stereocenters. The number of aromatic nitrogens is 1. The second-order valence-electron chi connectivity index (χ2n) is 5.35. The SMILES string of the molecule is CCN(Cc1cc2ccccc2nc1Cl)CC(C)C. The summed E-state index contributed by atoms with van der Waals surface area (Å²) in [7, 11) is 0. The molecule has 2 rings (SSSR count). The molecule has 0 bridgehead atoms. The molecule has 0 aliphatic carbocycles. The number of halogens is 1. The smallest absolute Gasteiger partial charge is 0.134 e. The molecule has 0 aliphatic heterocycles. The Hall–Kier alpha value is -1.12. The van der Waals surface area contributed by atoms with Crippen LogP contribution in [0.25, 0.3) is 10.9 Å². The monoisotopic (exact) mass is 276 g/mol. The molecule has 0 saturated carbocycles. The van der Waals surface area contributed by atoms with Crippen LogP contribution < -0.4 is 0 Å². The lowest BCUT2D eigenvalue weighted by atomic mass is 10.1. The zero-order valence-corrected chi connectivity index (χ0v) is 12.6. The molecule has 0 atom stereocenters. The predicted molar refractivity (Wildman–Crippen MR) is 82.5 cm³/mol. The largest absolute Gasteiger partial charge is 0.299 e. The summed E-state index contributed by atoms with van der Waals surface area (Å²) in [6.07, 6.45) is 0. The summed E-state index contributed by atoms with van der Waals surface area (Å²) in [5.74, 6) is 0.659. The van der Waals surface area contributed by atoms with Gasteiger partial charge in [-0.15, -0.1) is 0 Å². The van der Waals surface area contributed by atoms with E-state index < -0.39 is 0 Å². The lowest BCUT2D eigenvalue weighted by molar-refractivity contribution is 0.248. The fourth-order valence-electron chi connectivity index (χ4n) is 2.31. The molecule has 102 valence electrons. The number of nitrogens with zero attached hydrogens (tertiary/aromatic N) is 2. The molecule has 2 nitrogen and oxygen atoms in total. The van der Waals surface area contributed by atoms with Gasteiger partial charge in [0.25, 0.3) is 0 Å². The molecule has 2 aromatic rings. The number of pyridine rings is 1. The highest BCUT2D eigenvalue weighted by Crippen LogP contribution is 2.22. The fraction of sp³-hybridized carbons (Fsp3) is 0.438. The maximum atomic E-state index is 6.30. The Bertz CT molecular complexity index is 551. The van der Waals surface area contributed by atoms with E-state index in [2.05, 4.69) is 42.8 Å². The van der Waals surface area contributed by atoms with Gasteiger partial charge in [-0.3, -0.25) is 4.90 Å². The van der Waals surface area contributed by atoms with Gasteiger partial charge in [0, 0.05) is 24.0 Å². The number of rotatable bonds is 5. The van der Waals surface area contributed by atoms with Crippen LogP contribution in [0.4, 0.5) is 0 Å². The molecule has 0 spiro atoms. The average molecular weight is 277 g/mol. The van der Waals surface area contributed by atoms with Crippen LogP contribution in [0.15, 0.2) is 30.3 Å². The summed E-state index contributed by atoms with van der Waals surface area (Å²) in [5.41, 5.74) is 2.08. The van der Waals surface area contributed by atoms with E-state index in [0.717, 1.165) is 36.1 Å². The molecule has 1 aromatic heterocycles. The van der Waals surface area contributed by atoms with Crippen LogP contribution in [0.5, 0.6) is 0 Å². The van der Waals surface area contributed by atoms with Crippen molar-refractivity contribution >= 4 is 22.5 Å². The van der Waals surface area contributed by atoms with Gasteiger partial charge in [0.05, 0.1) is 5.52 Å². The zero-order chi connectivity index (χ0) is 13.8. The second-order valence-corrected chi connectivity index (χ2v) is 5.71. The van der Waals surface area contributed by atoms with Crippen LogP contribution >= 0.6 is 11.6 Å². The molecule has 0 amide bonds. The first-order chi connectivity index (χ1) is 9.10. The molecule has 3 heteroatoms. The van der Waals surface area contributed by atoms with Gasteiger partial charge in [0.15, 0.2) is 0 Å². The lowest BCUT2D eigenvalue weighted by Gasteiger charge is -2.23. The number of benzene rings is 1. The maximum Gasteiger partial charge on any atom is 0.134 e. The summed E-state index contributed by atoms with van der Waals surface area (Å²) >= 11 is 6.30. The van der Waals surface area contributed by atoms with E-state index >= 15 is 0 Å². The molecular weight excluding hydrogens is 256 g/mol. The Labute approximate surface area is 120 Å². The van der Waals surface area contributed by atoms with E-state index in [1.807, 2.05) is 18.2 Å². The van der Waals surface area contributed by atoms with Gasteiger partial charge in [-0.2, -0.15) is 0 Å². The Balaban J connectivity index is 2.26. The quantitative estimate of drug-likeness (QED) is 0.754. The predicted octanol–water partition coefficient (Wildman–Crippen LogP) is 4.37. The molecule has 0 fully saturated rings. The Morgan fingerprint density at radius 1 is 1.26 bits per heavy atom. The van der Waals surface area contributed by atoms with Crippen LogP contribution in [0.1, 0.15) is 26.3 Å². The molecule has 0 aliphatic rings. The third-order valence-corrected chi connectivity index (χ3v) is 3.54. The highest BCUT2D eigenvalue weighted by Gasteiger charge is 2.10. The van der Waals surface area contributed by atoms with Gasteiger partial charge in [-0.05, 0) is 24.6 Å². The molecule has 0 saturated heterocycles. The first-order valence-electron chi connectivity index (χ1n) is 6.86. The number of fused-ring (bicyclic) bond motifs is 1. The summed E-state index contributed by atoms with van der Waals surface area (Å²) in [4.78, 5) is 6.89. The second kappa shape index (κ2) is 6.36. The highest BCUT2D eigenvalue weighted by atomic mass is 35.5. The normalized spacial score (nSPS) is 11.7. The third-order valence-electron chi connectivity index (χ3n) is 3.21. The van der Waals surface area contributed by atoms with Gasteiger partial charge >= 0.3 is 0 Å². The van der Waals surface area contributed by atoms with E-state index in [-0.39, 0.29) is 0 Å². The minimum absolute atomic E-state index is 0.626. The van der Waals surface area contributed by atoms with E-state index in [9.17, 15) is 0 Å². The fourth-order valence-corrected chi connectivity index (χ4v) is 2.52. The van der Waals surface area contributed by atoms with E-state index in [1.54, 1.807) is 0 Å². The first-order valence-corrected chi connectivity index (χ1v) is 7.24. The van der Waals surface area contributed by atoms with Crippen molar-refractivity contribution < 1.29 is 0 Å². The third kappa shape index (κ3) is 3.68. The molecule has 1 aromatic carbocycles. The van der Waals surface area contributed by atoms with E-state index in [4.69, 9.17) is 11.6 Å². The number of para-hydroxylation sites is 1.